The van der Waals surface area contributed by atoms with Crippen LogP contribution in [0.2, 0.25) is 5.02 Å². The molecule has 3 heteroatoms. The highest BCUT2D eigenvalue weighted by molar-refractivity contribution is 6.30. The van der Waals surface area contributed by atoms with E-state index in [0.29, 0.717) is 11.4 Å². The van der Waals surface area contributed by atoms with E-state index in [-0.39, 0.29) is 5.78 Å². The summed E-state index contributed by atoms with van der Waals surface area (Å²) in [4.78, 5) is 16.3. The van der Waals surface area contributed by atoms with Crippen molar-refractivity contribution < 1.29 is 4.79 Å². The summed E-state index contributed by atoms with van der Waals surface area (Å²) in [6, 6.07) is 11.4. The molecule has 3 rings (SSSR count). The zero-order valence-corrected chi connectivity index (χ0v) is 10.6. The van der Waals surface area contributed by atoms with Crippen LogP contribution >= 0.6 is 11.6 Å². The zero-order valence-electron chi connectivity index (χ0n) is 9.82. The van der Waals surface area contributed by atoms with Gasteiger partial charge in [0.05, 0.1) is 11.4 Å². The first-order valence-electron chi connectivity index (χ1n) is 6.03. The number of nitrogens with zero attached hydrogens (tertiary/aromatic N) is 1. The number of pyridine rings is 1. The van der Waals surface area contributed by atoms with Crippen molar-refractivity contribution in [2.45, 2.75) is 19.3 Å². The Morgan fingerprint density at radius 2 is 2.00 bits per heavy atom. The van der Waals surface area contributed by atoms with E-state index in [1.807, 2.05) is 36.4 Å². The lowest BCUT2D eigenvalue weighted by Crippen LogP contribution is -2.12. The lowest BCUT2D eigenvalue weighted by molar-refractivity contribution is 0.0971. The van der Waals surface area contributed by atoms with Gasteiger partial charge in [0.15, 0.2) is 5.78 Å². The molecule has 0 unspecified atom stereocenters. The minimum Gasteiger partial charge on any atom is -0.294 e. The van der Waals surface area contributed by atoms with Gasteiger partial charge >= 0.3 is 0 Å². The number of hydrogen-bond donors (Lipinski definition) is 0. The van der Waals surface area contributed by atoms with Gasteiger partial charge in [0.1, 0.15) is 0 Å². The van der Waals surface area contributed by atoms with Crippen LogP contribution in [-0.2, 0) is 6.42 Å². The Kier molecular flexibility index (Phi) is 2.88. The lowest BCUT2D eigenvalue weighted by Gasteiger charge is -2.14. The van der Waals surface area contributed by atoms with Gasteiger partial charge in [-0.2, -0.15) is 0 Å². The van der Waals surface area contributed by atoms with E-state index in [2.05, 4.69) is 4.98 Å². The summed E-state index contributed by atoms with van der Waals surface area (Å²) in [7, 11) is 0. The Labute approximate surface area is 111 Å². The molecule has 2 aromatic rings. The fourth-order valence-electron chi connectivity index (χ4n) is 2.31. The Morgan fingerprint density at radius 3 is 2.83 bits per heavy atom. The van der Waals surface area contributed by atoms with Gasteiger partial charge < -0.3 is 0 Å². The maximum Gasteiger partial charge on any atom is 0.164 e. The number of fused-ring (bicyclic) bond motifs is 1. The van der Waals surface area contributed by atoms with Crippen LogP contribution in [0.3, 0.4) is 0 Å². The molecule has 0 spiro atoms. The van der Waals surface area contributed by atoms with Gasteiger partial charge in [-0.3, -0.25) is 9.78 Å². The SMILES string of the molecule is O=C1CCCc2nc(-c3cccc(Cl)c3)ccc21. The Bertz CT molecular complexity index is 622. The molecule has 0 N–H and O–H groups in total. The third kappa shape index (κ3) is 2.04. The number of aromatic nitrogens is 1. The van der Waals surface area contributed by atoms with E-state index in [1.165, 1.54) is 0 Å². The van der Waals surface area contributed by atoms with E-state index in [9.17, 15) is 4.79 Å². The second kappa shape index (κ2) is 4.54. The zero-order chi connectivity index (χ0) is 12.5. The molecule has 18 heavy (non-hydrogen) atoms. The van der Waals surface area contributed by atoms with Crippen molar-refractivity contribution in [1.29, 1.82) is 0 Å². The largest absolute Gasteiger partial charge is 0.294 e. The summed E-state index contributed by atoms with van der Waals surface area (Å²) in [5.41, 5.74) is 3.57. The Balaban J connectivity index is 2.07. The minimum atomic E-state index is 0.210. The average Bonchev–Trinajstić information content (AvgIpc) is 2.39. The van der Waals surface area contributed by atoms with Crippen LogP contribution < -0.4 is 0 Å². The van der Waals surface area contributed by atoms with Crippen LogP contribution in [0, 0.1) is 0 Å². The maximum atomic E-state index is 11.7. The molecule has 0 atom stereocenters. The summed E-state index contributed by atoms with van der Waals surface area (Å²) < 4.78 is 0. The monoisotopic (exact) mass is 257 g/mol. The number of Topliss-reactive ketones (excluding diaryl/α,β-unsaturated/α-hetero) is 1. The Hall–Kier alpha value is -1.67. The average molecular weight is 258 g/mol. The van der Waals surface area contributed by atoms with Crippen molar-refractivity contribution in [2.75, 3.05) is 0 Å². The number of carbonyl (C=O) groups excluding carboxylic acids is 1. The van der Waals surface area contributed by atoms with Gasteiger partial charge in [-0.25, -0.2) is 0 Å². The van der Waals surface area contributed by atoms with Crippen molar-refractivity contribution in [1.82, 2.24) is 4.98 Å². The van der Waals surface area contributed by atoms with Gasteiger partial charge in [0.25, 0.3) is 0 Å². The van der Waals surface area contributed by atoms with E-state index >= 15 is 0 Å². The van der Waals surface area contributed by atoms with Crippen LogP contribution in [0.5, 0.6) is 0 Å². The number of ketones is 1. The maximum absolute atomic E-state index is 11.7. The van der Waals surface area contributed by atoms with Crippen molar-refractivity contribution in [3.8, 4) is 11.3 Å². The first-order chi connectivity index (χ1) is 8.74. The van der Waals surface area contributed by atoms with Crippen molar-refractivity contribution >= 4 is 17.4 Å². The van der Waals surface area contributed by atoms with E-state index < -0.39 is 0 Å². The molecule has 0 saturated carbocycles. The number of halogens is 1. The molecule has 0 amide bonds. The summed E-state index contributed by atoms with van der Waals surface area (Å²) in [5.74, 6) is 0.210. The molecule has 1 aromatic heterocycles. The molecular formula is C15H12ClNO. The second-order valence-electron chi connectivity index (χ2n) is 4.48. The van der Waals surface area contributed by atoms with Gasteiger partial charge in [0, 0.05) is 22.6 Å². The van der Waals surface area contributed by atoms with Crippen LogP contribution in [0.15, 0.2) is 36.4 Å². The second-order valence-corrected chi connectivity index (χ2v) is 4.91. The molecule has 1 heterocycles. The first-order valence-corrected chi connectivity index (χ1v) is 6.41. The van der Waals surface area contributed by atoms with Crippen LogP contribution in [0.25, 0.3) is 11.3 Å². The van der Waals surface area contributed by atoms with Crippen LogP contribution in [0.4, 0.5) is 0 Å². The fourth-order valence-corrected chi connectivity index (χ4v) is 2.50. The molecule has 0 fully saturated rings. The smallest absolute Gasteiger partial charge is 0.164 e. The third-order valence-electron chi connectivity index (χ3n) is 3.21. The summed E-state index contributed by atoms with van der Waals surface area (Å²) in [5, 5.41) is 0.697. The molecule has 1 aliphatic carbocycles. The van der Waals surface area contributed by atoms with Crippen LogP contribution in [-0.4, -0.2) is 10.8 Å². The van der Waals surface area contributed by atoms with E-state index in [4.69, 9.17) is 11.6 Å². The number of hydrogen-bond acceptors (Lipinski definition) is 2. The number of aryl methyl sites for hydroxylation is 1. The molecule has 1 aromatic carbocycles. The summed E-state index contributed by atoms with van der Waals surface area (Å²) in [6.45, 7) is 0. The van der Waals surface area contributed by atoms with Crippen molar-refractivity contribution in [2.24, 2.45) is 0 Å². The molecule has 0 bridgehead atoms. The lowest BCUT2D eigenvalue weighted by atomic mass is 9.94. The number of carbonyl (C=O) groups is 1. The molecule has 0 aliphatic heterocycles. The van der Waals surface area contributed by atoms with Gasteiger partial charge in [-0.1, -0.05) is 23.7 Å². The highest BCUT2D eigenvalue weighted by Gasteiger charge is 2.18. The van der Waals surface area contributed by atoms with Gasteiger partial charge in [-0.05, 0) is 37.1 Å². The van der Waals surface area contributed by atoms with E-state index in [1.54, 1.807) is 0 Å². The molecule has 90 valence electrons. The third-order valence-corrected chi connectivity index (χ3v) is 3.45. The molecule has 0 radical (unpaired) electrons. The van der Waals surface area contributed by atoms with Crippen molar-refractivity contribution in [3.63, 3.8) is 0 Å². The molecule has 0 saturated heterocycles. The molecule has 2 nitrogen and oxygen atoms in total. The normalized spacial score (nSPS) is 14.4. The molecule has 1 aliphatic rings. The van der Waals surface area contributed by atoms with Crippen molar-refractivity contribution in [3.05, 3.63) is 52.7 Å². The van der Waals surface area contributed by atoms with E-state index in [0.717, 1.165) is 35.4 Å². The highest BCUT2D eigenvalue weighted by Crippen LogP contribution is 2.25. The predicted molar refractivity (Wildman–Crippen MR) is 72.0 cm³/mol. The quantitative estimate of drug-likeness (QED) is 0.775. The summed E-state index contributed by atoms with van der Waals surface area (Å²) in [6.07, 6.45) is 2.43. The van der Waals surface area contributed by atoms with Crippen LogP contribution in [0.1, 0.15) is 28.9 Å². The van der Waals surface area contributed by atoms with Gasteiger partial charge in [0.2, 0.25) is 0 Å². The number of rotatable bonds is 1. The fraction of sp³-hybridized carbons (Fsp3) is 0.200. The van der Waals surface area contributed by atoms with Gasteiger partial charge in [-0.15, -0.1) is 0 Å². The predicted octanol–water partition coefficient (Wildman–Crippen LogP) is 3.92. The summed E-state index contributed by atoms with van der Waals surface area (Å²) >= 11 is 5.98. The Morgan fingerprint density at radius 1 is 1.11 bits per heavy atom. The first kappa shape index (κ1) is 11.4. The highest BCUT2D eigenvalue weighted by atomic mass is 35.5. The molecular weight excluding hydrogens is 246 g/mol. The standard InChI is InChI=1S/C15H12ClNO/c16-11-4-1-3-10(9-11)13-8-7-12-14(17-13)5-2-6-15(12)18/h1,3-4,7-9H,2,5-6H2. The minimum absolute atomic E-state index is 0.210. The topological polar surface area (TPSA) is 30.0 Å². The number of benzene rings is 1.